The van der Waals surface area contributed by atoms with E-state index in [2.05, 4.69) is 60.5 Å². The Morgan fingerprint density at radius 2 is 1.84 bits per heavy atom. The Morgan fingerprint density at radius 1 is 1.13 bits per heavy atom. The normalized spacial score (nSPS) is 12.3. The maximum Gasteiger partial charge on any atom is 0.408 e. The lowest BCUT2D eigenvalue weighted by atomic mass is 10.1. The van der Waals surface area contributed by atoms with Crippen molar-refractivity contribution < 1.29 is 19.1 Å². The molecule has 1 atom stereocenters. The second-order valence-corrected chi connectivity index (χ2v) is 10.3. The number of halogens is 2. The summed E-state index contributed by atoms with van der Waals surface area (Å²) in [6, 6.07) is 9.26. The zero-order chi connectivity index (χ0) is 22.9. The average Bonchev–Trinajstić information content (AvgIpc) is 3.03. The number of imidazole rings is 1. The highest BCUT2D eigenvalue weighted by Crippen LogP contribution is 2.22. The maximum atomic E-state index is 12.4. The SMILES string of the molecule is CC(C)(C)OC(=O)CCCCC[C@H](NC(=O)OCc1ccccc1)c1nc(I)c(I)[nH]1. The number of rotatable bonds is 10. The van der Waals surface area contributed by atoms with Crippen LogP contribution in [0.4, 0.5) is 4.79 Å². The van der Waals surface area contributed by atoms with Crippen molar-refractivity contribution in [3.05, 3.63) is 49.1 Å². The summed E-state index contributed by atoms with van der Waals surface area (Å²) in [7, 11) is 0. The van der Waals surface area contributed by atoms with Crippen LogP contribution >= 0.6 is 45.2 Å². The molecule has 9 heteroatoms. The van der Waals surface area contributed by atoms with Gasteiger partial charge in [0, 0.05) is 6.42 Å². The fraction of sp³-hybridized carbons (Fsp3) is 0.500. The van der Waals surface area contributed by atoms with Gasteiger partial charge in [0.05, 0.1) is 6.04 Å². The Bertz CT molecular complexity index is 831. The molecule has 0 aliphatic rings. The lowest BCUT2D eigenvalue weighted by molar-refractivity contribution is -0.154. The number of aromatic amines is 1. The first-order valence-corrected chi connectivity index (χ1v) is 12.4. The van der Waals surface area contributed by atoms with Gasteiger partial charge in [-0.3, -0.25) is 4.79 Å². The van der Waals surface area contributed by atoms with E-state index in [0.29, 0.717) is 18.7 Å². The minimum atomic E-state index is -0.482. The zero-order valence-electron chi connectivity index (χ0n) is 18.0. The van der Waals surface area contributed by atoms with Gasteiger partial charge in [0.15, 0.2) is 0 Å². The number of esters is 1. The molecule has 1 aromatic carbocycles. The minimum Gasteiger partial charge on any atom is -0.460 e. The number of hydrogen-bond donors (Lipinski definition) is 2. The topological polar surface area (TPSA) is 93.3 Å². The number of amides is 1. The van der Waals surface area contributed by atoms with E-state index < -0.39 is 11.7 Å². The standard InChI is InChI=1S/C22H29I2N3O4/c1-22(2,3)31-17(28)13-9-5-8-12-16(20-26-18(23)19(24)27-20)25-21(29)30-14-15-10-6-4-7-11-15/h4,6-7,10-11,16H,5,8-9,12-14H2,1-3H3,(H,25,29)(H,26,27)/t16-/m0/s1. The van der Waals surface area contributed by atoms with Gasteiger partial charge in [0.2, 0.25) is 0 Å². The molecule has 0 aliphatic heterocycles. The van der Waals surface area contributed by atoms with E-state index in [4.69, 9.17) is 9.47 Å². The van der Waals surface area contributed by atoms with Crippen molar-refractivity contribution in [2.75, 3.05) is 0 Å². The number of ether oxygens (including phenoxy) is 2. The van der Waals surface area contributed by atoms with Crippen molar-refractivity contribution in [3.63, 3.8) is 0 Å². The fourth-order valence-corrected chi connectivity index (χ4v) is 3.67. The predicted octanol–water partition coefficient (Wildman–Crippen LogP) is 5.88. The van der Waals surface area contributed by atoms with E-state index in [0.717, 1.165) is 32.2 Å². The van der Waals surface area contributed by atoms with Crippen LogP contribution in [0.25, 0.3) is 0 Å². The summed E-state index contributed by atoms with van der Waals surface area (Å²) < 4.78 is 12.5. The van der Waals surface area contributed by atoms with Crippen molar-refractivity contribution in [1.82, 2.24) is 15.3 Å². The van der Waals surface area contributed by atoms with Crippen LogP contribution in [0.2, 0.25) is 0 Å². The number of nitrogens with one attached hydrogen (secondary N) is 2. The summed E-state index contributed by atoms with van der Waals surface area (Å²) in [5.41, 5.74) is 0.471. The number of alkyl carbamates (subject to hydrolysis) is 1. The van der Waals surface area contributed by atoms with Crippen LogP contribution in [0.5, 0.6) is 0 Å². The average molecular weight is 653 g/mol. The largest absolute Gasteiger partial charge is 0.460 e. The molecule has 0 bridgehead atoms. The van der Waals surface area contributed by atoms with Gasteiger partial charge in [-0.15, -0.1) is 0 Å². The molecule has 0 saturated heterocycles. The van der Waals surface area contributed by atoms with Gasteiger partial charge in [-0.25, -0.2) is 9.78 Å². The van der Waals surface area contributed by atoms with E-state index in [1.807, 2.05) is 51.1 Å². The molecular formula is C22H29I2N3O4. The first-order valence-electron chi connectivity index (χ1n) is 10.2. The molecule has 0 fully saturated rings. The third-order valence-electron chi connectivity index (χ3n) is 4.27. The van der Waals surface area contributed by atoms with Crippen molar-refractivity contribution in [1.29, 1.82) is 0 Å². The van der Waals surface area contributed by atoms with Crippen LogP contribution in [0.3, 0.4) is 0 Å². The number of carbonyl (C=O) groups is 2. The maximum absolute atomic E-state index is 12.4. The van der Waals surface area contributed by atoms with Crippen LogP contribution < -0.4 is 5.32 Å². The minimum absolute atomic E-state index is 0.179. The quantitative estimate of drug-likeness (QED) is 0.190. The Labute approximate surface area is 210 Å². The van der Waals surface area contributed by atoms with Gasteiger partial charge in [0.25, 0.3) is 0 Å². The summed E-state index contributed by atoms with van der Waals surface area (Å²) in [5, 5.41) is 2.92. The molecule has 1 heterocycles. The molecule has 2 aromatic rings. The summed E-state index contributed by atoms with van der Waals surface area (Å²) in [4.78, 5) is 32.0. The first-order chi connectivity index (χ1) is 14.6. The van der Waals surface area contributed by atoms with Crippen molar-refractivity contribution in [3.8, 4) is 0 Å². The molecule has 0 aliphatic carbocycles. The first kappa shape index (κ1) is 25.9. The van der Waals surface area contributed by atoms with Crippen LogP contribution in [0, 0.1) is 7.40 Å². The Morgan fingerprint density at radius 3 is 2.45 bits per heavy atom. The predicted molar refractivity (Wildman–Crippen MR) is 135 cm³/mol. The molecule has 0 unspecified atom stereocenters. The highest BCUT2D eigenvalue weighted by atomic mass is 127. The van der Waals surface area contributed by atoms with Gasteiger partial charge >= 0.3 is 12.1 Å². The van der Waals surface area contributed by atoms with Crippen molar-refractivity contribution >= 4 is 57.2 Å². The number of benzene rings is 1. The van der Waals surface area contributed by atoms with E-state index >= 15 is 0 Å². The van der Waals surface area contributed by atoms with Gasteiger partial charge in [0.1, 0.15) is 25.4 Å². The molecule has 2 rings (SSSR count). The highest BCUT2D eigenvalue weighted by molar-refractivity contribution is 14.1. The Kier molecular flexibility index (Phi) is 10.5. The summed E-state index contributed by atoms with van der Waals surface area (Å²) in [6.07, 6.45) is 3.03. The number of unbranched alkanes of at least 4 members (excludes halogenated alkanes) is 2. The lowest BCUT2D eigenvalue weighted by Gasteiger charge is -2.19. The molecule has 2 N–H and O–H groups in total. The number of nitrogens with zero attached hydrogens (tertiary/aromatic N) is 1. The molecule has 7 nitrogen and oxygen atoms in total. The number of aromatic nitrogens is 2. The number of H-pyrrole nitrogens is 1. The lowest BCUT2D eigenvalue weighted by Crippen LogP contribution is -2.30. The second-order valence-electron chi connectivity index (χ2n) is 8.17. The zero-order valence-corrected chi connectivity index (χ0v) is 22.4. The fourth-order valence-electron chi connectivity index (χ4n) is 2.88. The van der Waals surface area contributed by atoms with Crippen LogP contribution in [0.1, 0.15) is 70.3 Å². The van der Waals surface area contributed by atoms with E-state index in [9.17, 15) is 9.59 Å². The van der Waals surface area contributed by atoms with Crippen molar-refractivity contribution in [2.45, 2.75) is 71.1 Å². The van der Waals surface area contributed by atoms with Gasteiger partial charge < -0.3 is 19.8 Å². The van der Waals surface area contributed by atoms with Crippen LogP contribution in [-0.2, 0) is 20.9 Å². The summed E-state index contributed by atoms with van der Waals surface area (Å²) in [6.45, 7) is 5.81. The molecule has 0 spiro atoms. The molecule has 170 valence electrons. The Balaban J connectivity index is 1.84. The molecule has 31 heavy (non-hydrogen) atoms. The highest BCUT2D eigenvalue weighted by Gasteiger charge is 2.20. The van der Waals surface area contributed by atoms with E-state index in [1.54, 1.807) is 0 Å². The molecular weight excluding hydrogens is 624 g/mol. The summed E-state index contributed by atoms with van der Waals surface area (Å²) >= 11 is 4.34. The van der Waals surface area contributed by atoms with Gasteiger partial charge in [-0.1, -0.05) is 43.2 Å². The molecule has 1 amide bonds. The number of carbonyl (C=O) groups excluding carboxylic acids is 2. The molecule has 0 saturated carbocycles. The monoisotopic (exact) mass is 653 g/mol. The smallest absolute Gasteiger partial charge is 0.408 e. The summed E-state index contributed by atoms with van der Waals surface area (Å²) in [5.74, 6) is 0.527. The molecule has 0 radical (unpaired) electrons. The number of hydrogen-bond acceptors (Lipinski definition) is 5. The third kappa shape index (κ3) is 10.2. The van der Waals surface area contributed by atoms with E-state index in [1.165, 1.54) is 0 Å². The van der Waals surface area contributed by atoms with Crippen LogP contribution in [-0.4, -0.2) is 27.6 Å². The van der Waals surface area contributed by atoms with Gasteiger partial charge in [-0.2, -0.15) is 0 Å². The third-order valence-corrected chi connectivity index (χ3v) is 6.86. The van der Waals surface area contributed by atoms with Gasteiger partial charge in [-0.05, 0) is 84.4 Å². The second kappa shape index (κ2) is 12.6. The van der Waals surface area contributed by atoms with Crippen LogP contribution in [0.15, 0.2) is 30.3 Å². The Hall–Kier alpha value is -1.37. The van der Waals surface area contributed by atoms with Crippen molar-refractivity contribution in [2.24, 2.45) is 0 Å². The molecule has 1 aromatic heterocycles. The van der Waals surface area contributed by atoms with E-state index in [-0.39, 0.29) is 18.6 Å².